The summed E-state index contributed by atoms with van der Waals surface area (Å²) < 4.78 is 20.7. The first kappa shape index (κ1) is 22.0. The minimum atomic E-state index is -0.622. The van der Waals surface area contributed by atoms with E-state index in [4.69, 9.17) is 4.74 Å². The van der Waals surface area contributed by atoms with Crippen LogP contribution < -0.4 is 10.5 Å². The fraction of sp³-hybridized carbons (Fsp3) is 0.360. The maximum Gasteiger partial charge on any atom is 0.345 e. The molecule has 6 nitrogen and oxygen atoms in total. The molecule has 1 aliphatic heterocycles. The van der Waals surface area contributed by atoms with Crippen molar-refractivity contribution >= 4 is 22.6 Å². The number of likely N-dealkylation sites (N-methyl/N-ethyl adjacent to an activating group) is 1. The third kappa shape index (κ3) is 4.25. The lowest BCUT2D eigenvalue weighted by atomic mass is 10.0. The lowest BCUT2D eigenvalue weighted by Crippen LogP contribution is -2.46. The van der Waals surface area contributed by atoms with Gasteiger partial charge >= 0.3 is 5.97 Å². The summed E-state index contributed by atoms with van der Waals surface area (Å²) in [7, 11) is 2.06. The fourth-order valence-corrected chi connectivity index (χ4v) is 4.28. The Bertz CT molecular complexity index is 1210. The Labute approximate surface area is 186 Å². The summed E-state index contributed by atoms with van der Waals surface area (Å²) in [5.74, 6) is -0.988. The largest absolute Gasteiger partial charge is 0.462 e. The van der Waals surface area contributed by atoms with Crippen LogP contribution in [0.1, 0.15) is 28.4 Å². The summed E-state index contributed by atoms with van der Waals surface area (Å²) >= 11 is 0. The summed E-state index contributed by atoms with van der Waals surface area (Å²) in [5.41, 5.74) is 2.65. The van der Waals surface area contributed by atoms with Gasteiger partial charge in [0, 0.05) is 31.6 Å². The highest BCUT2D eigenvalue weighted by Crippen LogP contribution is 2.31. The molecule has 0 unspecified atom stereocenters. The highest BCUT2D eigenvalue weighted by Gasteiger charge is 2.28. The van der Waals surface area contributed by atoms with Gasteiger partial charge in [-0.2, -0.15) is 0 Å². The van der Waals surface area contributed by atoms with Crippen molar-refractivity contribution in [1.82, 2.24) is 9.47 Å². The number of aromatic nitrogens is 1. The molecule has 0 atom stereocenters. The van der Waals surface area contributed by atoms with Gasteiger partial charge < -0.3 is 19.1 Å². The van der Waals surface area contributed by atoms with Gasteiger partial charge in [0.15, 0.2) is 0 Å². The van der Waals surface area contributed by atoms with Gasteiger partial charge in [0.05, 0.1) is 24.4 Å². The molecule has 0 aliphatic carbocycles. The average Bonchev–Trinajstić information content (AvgIpc) is 2.76. The molecule has 32 heavy (non-hydrogen) atoms. The second kappa shape index (κ2) is 9.12. The number of halogens is 1. The molecule has 0 bridgehead atoms. The number of anilines is 1. The van der Waals surface area contributed by atoms with Crippen molar-refractivity contribution in [3.8, 4) is 0 Å². The third-order valence-electron chi connectivity index (χ3n) is 5.92. The highest BCUT2D eigenvalue weighted by atomic mass is 19.1. The van der Waals surface area contributed by atoms with Crippen molar-refractivity contribution in [1.29, 1.82) is 0 Å². The van der Waals surface area contributed by atoms with Gasteiger partial charge in [-0.25, -0.2) is 9.18 Å². The minimum absolute atomic E-state index is 0.0471. The highest BCUT2D eigenvalue weighted by molar-refractivity contribution is 6.05. The molecular formula is C25H28FN3O3. The number of fused-ring (bicyclic) bond motifs is 1. The lowest BCUT2D eigenvalue weighted by molar-refractivity contribution is 0.0524. The molecule has 0 radical (unpaired) electrons. The molecule has 2 heterocycles. The van der Waals surface area contributed by atoms with E-state index in [-0.39, 0.29) is 24.5 Å². The maximum absolute atomic E-state index is 13.8. The van der Waals surface area contributed by atoms with Crippen LogP contribution in [0, 0.1) is 12.7 Å². The molecular weight excluding hydrogens is 409 g/mol. The lowest BCUT2D eigenvalue weighted by Gasteiger charge is -2.35. The van der Waals surface area contributed by atoms with Crippen molar-refractivity contribution < 1.29 is 13.9 Å². The number of carbonyl (C=O) groups is 1. The Hall–Kier alpha value is -3.19. The minimum Gasteiger partial charge on any atom is -0.462 e. The van der Waals surface area contributed by atoms with Crippen LogP contribution in [0.5, 0.6) is 0 Å². The van der Waals surface area contributed by atoms with Crippen LogP contribution in [0.2, 0.25) is 0 Å². The monoisotopic (exact) mass is 437 g/mol. The Morgan fingerprint density at radius 2 is 1.84 bits per heavy atom. The van der Waals surface area contributed by atoms with Gasteiger partial charge in [-0.1, -0.05) is 23.8 Å². The summed E-state index contributed by atoms with van der Waals surface area (Å²) in [6.45, 7) is 7.13. The first-order valence-electron chi connectivity index (χ1n) is 10.9. The van der Waals surface area contributed by atoms with E-state index in [0.29, 0.717) is 29.9 Å². The molecule has 168 valence electrons. The smallest absolute Gasteiger partial charge is 0.345 e. The van der Waals surface area contributed by atoms with Crippen molar-refractivity contribution in [3.05, 3.63) is 75.3 Å². The third-order valence-corrected chi connectivity index (χ3v) is 5.92. The van der Waals surface area contributed by atoms with Crippen LogP contribution in [0.3, 0.4) is 0 Å². The molecule has 4 rings (SSSR count). The number of carbonyl (C=O) groups excluding carboxylic acids is 1. The number of aryl methyl sites for hydroxylation is 1. The normalized spacial score (nSPS) is 14.7. The van der Waals surface area contributed by atoms with E-state index in [1.165, 1.54) is 12.1 Å². The summed E-state index contributed by atoms with van der Waals surface area (Å²) in [5, 5.41) is 0.827. The number of piperazine rings is 1. The van der Waals surface area contributed by atoms with Gasteiger partial charge in [0.1, 0.15) is 11.4 Å². The average molecular weight is 438 g/mol. The Kier molecular flexibility index (Phi) is 6.28. The molecule has 3 aromatic rings. The predicted molar refractivity (Wildman–Crippen MR) is 124 cm³/mol. The van der Waals surface area contributed by atoms with E-state index in [0.717, 1.165) is 24.0 Å². The molecule has 0 spiro atoms. The topological polar surface area (TPSA) is 54.8 Å². The number of nitrogens with zero attached hydrogens (tertiary/aromatic N) is 3. The zero-order valence-electron chi connectivity index (χ0n) is 18.7. The number of hydrogen-bond acceptors (Lipinski definition) is 5. The van der Waals surface area contributed by atoms with Crippen LogP contribution in [-0.2, 0) is 11.3 Å². The van der Waals surface area contributed by atoms with Crippen molar-refractivity contribution in [2.24, 2.45) is 0 Å². The van der Waals surface area contributed by atoms with E-state index in [1.807, 2.05) is 25.1 Å². The molecule has 2 aromatic carbocycles. The second-order valence-electron chi connectivity index (χ2n) is 8.28. The van der Waals surface area contributed by atoms with Gasteiger partial charge in [0.25, 0.3) is 5.56 Å². The van der Waals surface area contributed by atoms with Crippen LogP contribution in [-0.4, -0.2) is 55.3 Å². The zero-order valence-corrected chi connectivity index (χ0v) is 18.7. The van der Waals surface area contributed by atoms with E-state index in [2.05, 4.69) is 16.8 Å². The standard InChI is InChI=1S/C25H28FN3O3/c1-4-32-25(31)22-23(28-12-10-27(3)11-13-28)20-14-17(2)8-9-21(20)29(24(22)30)16-18-6-5-7-19(26)15-18/h5-9,14-15H,4,10-13,16H2,1-3H3. The van der Waals surface area contributed by atoms with E-state index in [1.54, 1.807) is 23.6 Å². The number of rotatable bonds is 5. The van der Waals surface area contributed by atoms with Gasteiger partial charge in [0.2, 0.25) is 0 Å². The van der Waals surface area contributed by atoms with Crippen LogP contribution in [0.25, 0.3) is 10.9 Å². The molecule has 1 fully saturated rings. The van der Waals surface area contributed by atoms with Crippen LogP contribution in [0.4, 0.5) is 10.1 Å². The first-order chi connectivity index (χ1) is 15.4. The van der Waals surface area contributed by atoms with Crippen LogP contribution >= 0.6 is 0 Å². The Balaban J connectivity index is 1.99. The Morgan fingerprint density at radius 3 is 2.53 bits per heavy atom. The number of hydrogen-bond donors (Lipinski definition) is 0. The molecule has 1 aliphatic rings. The molecule has 1 aromatic heterocycles. The quantitative estimate of drug-likeness (QED) is 0.573. The van der Waals surface area contributed by atoms with Gasteiger partial charge in [-0.05, 0) is 50.7 Å². The zero-order chi connectivity index (χ0) is 22.8. The van der Waals surface area contributed by atoms with Crippen molar-refractivity contribution in [2.75, 3.05) is 44.7 Å². The van der Waals surface area contributed by atoms with Crippen molar-refractivity contribution in [3.63, 3.8) is 0 Å². The summed E-state index contributed by atoms with van der Waals surface area (Å²) in [6.07, 6.45) is 0. The SMILES string of the molecule is CCOC(=O)c1c(N2CCN(C)CC2)c2cc(C)ccc2n(Cc2cccc(F)c2)c1=O. The van der Waals surface area contributed by atoms with Gasteiger partial charge in [-0.3, -0.25) is 4.79 Å². The first-order valence-corrected chi connectivity index (χ1v) is 10.9. The molecule has 0 amide bonds. The number of esters is 1. The van der Waals surface area contributed by atoms with E-state index in [9.17, 15) is 14.0 Å². The fourth-order valence-electron chi connectivity index (χ4n) is 4.28. The van der Waals surface area contributed by atoms with E-state index >= 15 is 0 Å². The molecule has 0 N–H and O–H groups in total. The molecule has 7 heteroatoms. The number of pyridine rings is 1. The summed E-state index contributed by atoms with van der Waals surface area (Å²) in [6, 6.07) is 12.0. The van der Waals surface area contributed by atoms with E-state index < -0.39 is 11.5 Å². The predicted octanol–water partition coefficient (Wildman–Crippen LogP) is 3.43. The van der Waals surface area contributed by atoms with Crippen LogP contribution in [0.15, 0.2) is 47.3 Å². The van der Waals surface area contributed by atoms with Crippen molar-refractivity contribution in [2.45, 2.75) is 20.4 Å². The number of benzene rings is 2. The summed E-state index contributed by atoms with van der Waals surface area (Å²) in [4.78, 5) is 31.1. The number of ether oxygens (including phenoxy) is 1. The van der Waals surface area contributed by atoms with Gasteiger partial charge in [-0.15, -0.1) is 0 Å². The maximum atomic E-state index is 13.8. The second-order valence-corrected chi connectivity index (χ2v) is 8.28. The molecule has 0 saturated carbocycles. The Morgan fingerprint density at radius 1 is 1.09 bits per heavy atom. The molecule has 1 saturated heterocycles.